The average Bonchev–Trinajstić information content (AvgIpc) is 2.37. The summed E-state index contributed by atoms with van der Waals surface area (Å²) in [5.74, 6) is 1.54. The van der Waals surface area contributed by atoms with Crippen molar-refractivity contribution in [3.05, 3.63) is 46.3 Å². The Labute approximate surface area is 134 Å². The lowest BCUT2D eigenvalue weighted by Gasteiger charge is -2.09. The van der Waals surface area contributed by atoms with Gasteiger partial charge in [-0.05, 0) is 30.7 Å². The zero-order chi connectivity index (χ0) is 15.2. The van der Waals surface area contributed by atoms with Crippen molar-refractivity contribution in [1.29, 1.82) is 0 Å². The van der Waals surface area contributed by atoms with E-state index < -0.39 is 0 Å². The fourth-order valence-corrected chi connectivity index (χ4v) is 2.22. The van der Waals surface area contributed by atoms with E-state index in [-0.39, 0.29) is 0 Å². The van der Waals surface area contributed by atoms with Crippen molar-refractivity contribution in [2.24, 2.45) is 5.92 Å². The van der Waals surface area contributed by atoms with Gasteiger partial charge in [0.05, 0.1) is 11.9 Å². The maximum absolute atomic E-state index is 5.94. The maximum Gasteiger partial charge on any atom is 0.238 e. The van der Waals surface area contributed by atoms with Crippen LogP contribution in [-0.4, -0.2) is 16.5 Å². The number of halogens is 2. The molecule has 112 valence electrons. The number of nitrogens with one attached hydrogen (secondary N) is 1. The first-order valence-corrected chi connectivity index (χ1v) is 7.44. The SMILES string of the molecule is CC(C)CNCc1cncc(Oc2cc(Cl)cc(Cl)c2)n1. The molecule has 0 radical (unpaired) electrons. The van der Waals surface area contributed by atoms with Gasteiger partial charge in [0.1, 0.15) is 5.75 Å². The van der Waals surface area contributed by atoms with Gasteiger partial charge in [0.25, 0.3) is 0 Å². The Bertz CT molecular complexity index is 585. The predicted octanol–water partition coefficient (Wildman–Crippen LogP) is 4.32. The zero-order valence-corrected chi connectivity index (χ0v) is 13.4. The molecule has 2 rings (SSSR count). The number of nitrogens with zero attached hydrogens (tertiary/aromatic N) is 2. The van der Waals surface area contributed by atoms with Crippen LogP contribution < -0.4 is 10.1 Å². The first-order chi connectivity index (χ1) is 10.0. The number of benzene rings is 1. The van der Waals surface area contributed by atoms with Gasteiger partial charge >= 0.3 is 0 Å². The third kappa shape index (κ3) is 5.50. The summed E-state index contributed by atoms with van der Waals surface area (Å²) in [5.41, 5.74) is 0.821. The Morgan fingerprint density at radius 3 is 2.52 bits per heavy atom. The van der Waals surface area contributed by atoms with E-state index in [1.807, 2.05) is 0 Å². The lowest BCUT2D eigenvalue weighted by atomic mass is 10.2. The molecule has 1 aromatic heterocycles. The molecule has 21 heavy (non-hydrogen) atoms. The molecule has 0 amide bonds. The summed E-state index contributed by atoms with van der Waals surface area (Å²) < 4.78 is 5.64. The summed E-state index contributed by atoms with van der Waals surface area (Å²) >= 11 is 11.9. The molecule has 0 spiro atoms. The number of aromatic nitrogens is 2. The van der Waals surface area contributed by atoms with E-state index in [1.165, 1.54) is 0 Å². The quantitative estimate of drug-likeness (QED) is 0.859. The van der Waals surface area contributed by atoms with Gasteiger partial charge in [-0.25, -0.2) is 4.98 Å². The van der Waals surface area contributed by atoms with E-state index in [1.54, 1.807) is 30.6 Å². The molecule has 0 aliphatic rings. The Kier molecular flexibility index (Phi) is 5.79. The van der Waals surface area contributed by atoms with E-state index in [4.69, 9.17) is 27.9 Å². The van der Waals surface area contributed by atoms with Crippen LogP contribution in [0, 0.1) is 5.92 Å². The molecule has 0 unspecified atom stereocenters. The molecule has 0 saturated heterocycles. The standard InChI is InChI=1S/C15H17Cl2N3O/c1-10(2)6-18-7-13-8-19-9-15(20-13)21-14-4-11(16)3-12(17)5-14/h3-5,8-10,18H,6-7H2,1-2H3. The number of ether oxygens (including phenoxy) is 1. The smallest absolute Gasteiger partial charge is 0.238 e. The lowest BCUT2D eigenvalue weighted by Crippen LogP contribution is -2.19. The van der Waals surface area contributed by atoms with Crippen molar-refractivity contribution in [1.82, 2.24) is 15.3 Å². The summed E-state index contributed by atoms with van der Waals surface area (Å²) in [4.78, 5) is 8.52. The third-order valence-electron chi connectivity index (χ3n) is 2.58. The van der Waals surface area contributed by atoms with Crippen molar-refractivity contribution in [3.63, 3.8) is 0 Å². The highest BCUT2D eigenvalue weighted by Gasteiger charge is 2.04. The lowest BCUT2D eigenvalue weighted by molar-refractivity contribution is 0.455. The van der Waals surface area contributed by atoms with E-state index >= 15 is 0 Å². The van der Waals surface area contributed by atoms with Crippen LogP contribution in [-0.2, 0) is 6.54 Å². The highest BCUT2D eigenvalue weighted by Crippen LogP contribution is 2.27. The molecule has 2 aromatic rings. The molecule has 0 fully saturated rings. The van der Waals surface area contributed by atoms with Crippen molar-refractivity contribution in [3.8, 4) is 11.6 Å². The van der Waals surface area contributed by atoms with Crippen LogP contribution in [0.25, 0.3) is 0 Å². The van der Waals surface area contributed by atoms with Crippen LogP contribution in [0.3, 0.4) is 0 Å². The Balaban J connectivity index is 2.03. The minimum atomic E-state index is 0.414. The van der Waals surface area contributed by atoms with Crippen LogP contribution in [0.5, 0.6) is 11.6 Å². The van der Waals surface area contributed by atoms with E-state index in [2.05, 4.69) is 29.1 Å². The molecule has 0 bridgehead atoms. The molecule has 1 N–H and O–H groups in total. The van der Waals surface area contributed by atoms with Gasteiger partial charge in [-0.1, -0.05) is 37.0 Å². The zero-order valence-electron chi connectivity index (χ0n) is 11.9. The Hall–Kier alpha value is -1.36. The Morgan fingerprint density at radius 2 is 1.86 bits per heavy atom. The number of hydrogen-bond donors (Lipinski definition) is 1. The van der Waals surface area contributed by atoms with Crippen LogP contribution >= 0.6 is 23.2 Å². The summed E-state index contributed by atoms with van der Waals surface area (Å²) in [7, 11) is 0. The van der Waals surface area contributed by atoms with Crippen molar-refractivity contribution >= 4 is 23.2 Å². The molecule has 0 aliphatic carbocycles. The second-order valence-corrected chi connectivity index (χ2v) is 5.95. The van der Waals surface area contributed by atoms with Gasteiger partial charge in [0.15, 0.2) is 0 Å². The van der Waals surface area contributed by atoms with E-state index in [0.717, 1.165) is 12.2 Å². The summed E-state index contributed by atoms with van der Waals surface area (Å²) in [6, 6.07) is 5.01. The Morgan fingerprint density at radius 1 is 1.14 bits per heavy atom. The van der Waals surface area contributed by atoms with E-state index in [0.29, 0.717) is 34.1 Å². The van der Waals surface area contributed by atoms with Crippen LogP contribution in [0.15, 0.2) is 30.6 Å². The molecule has 0 aliphatic heterocycles. The van der Waals surface area contributed by atoms with Gasteiger partial charge in [-0.3, -0.25) is 4.98 Å². The predicted molar refractivity (Wildman–Crippen MR) is 85.1 cm³/mol. The van der Waals surface area contributed by atoms with Gasteiger partial charge < -0.3 is 10.1 Å². The monoisotopic (exact) mass is 325 g/mol. The first-order valence-electron chi connectivity index (χ1n) is 6.68. The number of rotatable bonds is 6. The van der Waals surface area contributed by atoms with Crippen molar-refractivity contribution in [2.75, 3.05) is 6.54 Å². The molecule has 4 nitrogen and oxygen atoms in total. The minimum absolute atomic E-state index is 0.414. The van der Waals surface area contributed by atoms with Gasteiger partial charge in [0.2, 0.25) is 5.88 Å². The van der Waals surface area contributed by atoms with Gasteiger partial charge in [-0.2, -0.15) is 0 Å². The van der Waals surface area contributed by atoms with E-state index in [9.17, 15) is 0 Å². The highest BCUT2D eigenvalue weighted by atomic mass is 35.5. The molecule has 0 atom stereocenters. The first kappa shape index (κ1) is 16.0. The van der Waals surface area contributed by atoms with Gasteiger partial charge in [0, 0.05) is 22.8 Å². The fourth-order valence-electron chi connectivity index (χ4n) is 1.72. The van der Waals surface area contributed by atoms with Crippen LogP contribution in [0.1, 0.15) is 19.5 Å². The maximum atomic E-state index is 5.94. The second kappa shape index (κ2) is 7.59. The second-order valence-electron chi connectivity index (χ2n) is 5.08. The minimum Gasteiger partial charge on any atom is -0.437 e. The van der Waals surface area contributed by atoms with Crippen molar-refractivity contribution in [2.45, 2.75) is 20.4 Å². The third-order valence-corrected chi connectivity index (χ3v) is 3.02. The highest BCUT2D eigenvalue weighted by molar-refractivity contribution is 6.34. The van der Waals surface area contributed by atoms with Crippen LogP contribution in [0.4, 0.5) is 0 Å². The van der Waals surface area contributed by atoms with Crippen molar-refractivity contribution < 1.29 is 4.74 Å². The summed E-state index contributed by atoms with van der Waals surface area (Å²) in [6.45, 7) is 5.89. The molecule has 6 heteroatoms. The molecule has 1 heterocycles. The summed E-state index contributed by atoms with van der Waals surface area (Å²) in [6.07, 6.45) is 3.27. The average molecular weight is 326 g/mol. The molecular weight excluding hydrogens is 309 g/mol. The molecule has 1 aromatic carbocycles. The van der Waals surface area contributed by atoms with Gasteiger partial charge in [-0.15, -0.1) is 0 Å². The molecular formula is C15H17Cl2N3O. The topological polar surface area (TPSA) is 47.0 Å². The largest absolute Gasteiger partial charge is 0.437 e. The fraction of sp³-hybridized carbons (Fsp3) is 0.333. The van der Waals surface area contributed by atoms with Crippen LogP contribution in [0.2, 0.25) is 10.0 Å². The summed E-state index contributed by atoms with van der Waals surface area (Å²) in [5, 5.41) is 4.34. The molecule has 0 saturated carbocycles. The number of hydrogen-bond acceptors (Lipinski definition) is 4. The normalized spacial score (nSPS) is 10.9.